The number of carbonyl (C=O) groups is 2. The van der Waals surface area contributed by atoms with Gasteiger partial charge in [0.2, 0.25) is 5.91 Å². The Morgan fingerprint density at radius 3 is 2.58 bits per heavy atom. The highest BCUT2D eigenvalue weighted by atomic mass is 35.5. The third-order valence-electron chi connectivity index (χ3n) is 4.78. The predicted molar refractivity (Wildman–Crippen MR) is 98.4 cm³/mol. The summed E-state index contributed by atoms with van der Waals surface area (Å²) >= 11 is 5.94. The average molecular weight is 370 g/mol. The minimum absolute atomic E-state index is 0.0673. The van der Waals surface area contributed by atoms with E-state index in [0.29, 0.717) is 21.6 Å². The Labute approximate surface area is 154 Å². The number of benzene rings is 2. The minimum atomic E-state index is -0.528. The number of carbonyl (C=O) groups excluding carboxylic acids is 2. The average Bonchev–Trinajstić information content (AvgIpc) is 3.36. The van der Waals surface area contributed by atoms with Gasteiger partial charge in [0, 0.05) is 16.1 Å². The summed E-state index contributed by atoms with van der Waals surface area (Å²) in [6.45, 7) is 0. The van der Waals surface area contributed by atoms with Gasteiger partial charge in [-0.2, -0.15) is 5.10 Å². The predicted octanol–water partition coefficient (Wildman–Crippen LogP) is 3.67. The fourth-order valence-electron chi connectivity index (χ4n) is 3.14. The number of nitrogens with zero attached hydrogens (tertiary/aromatic N) is 1. The lowest BCUT2D eigenvalue weighted by molar-refractivity contribution is -0.118. The quantitative estimate of drug-likeness (QED) is 0.687. The SMILES string of the molecule is COC(=O)c1n[nH]c2ccc(NC(=O)C3(c4ccc(Cl)cc4)CC3)cc12. The smallest absolute Gasteiger partial charge is 0.359 e. The molecule has 1 aliphatic rings. The van der Waals surface area contributed by atoms with Crippen LogP contribution in [0.3, 0.4) is 0 Å². The summed E-state index contributed by atoms with van der Waals surface area (Å²) in [5.41, 5.74) is 1.94. The molecule has 0 atom stereocenters. The number of anilines is 1. The van der Waals surface area contributed by atoms with Crippen LogP contribution in [0.4, 0.5) is 5.69 Å². The molecule has 1 aromatic heterocycles. The van der Waals surface area contributed by atoms with Crippen LogP contribution in [0, 0.1) is 0 Å². The molecule has 1 amide bonds. The minimum Gasteiger partial charge on any atom is -0.464 e. The Kier molecular flexibility index (Phi) is 3.92. The van der Waals surface area contributed by atoms with Crippen molar-refractivity contribution in [2.75, 3.05) is 12.4 Å². The van der Waals surface area contributed by atoms with Gasteiger partial charge in [0.15, 0.2) is 5.69 Å². The fourth-order valence-corrected chi connectivity index (χ4v) is 3.26. The highest BCUT2D eigenvalue weighted by Crippen LogP contribution is 2.49. The van der Waals surface area contributed by atoms with Gasteiger partial charge in [0.25, 0.3) is 0 Å². The van der Waals surface area contributed by atoms with E-state index in [1.54, 1.807) is 30.3 Å². The van der Waals surface area contributed by atoms with Crippen LogP contribution in [-0.4, -0.2) is 29.2 Å². The van der Waals surface area contributed by atoms with Gasteiger partial charge in [-0.25, -0.2) is 4.79 Å². The summed E-state index contributed by atoms with van der Waals surface area (Å²) in [6.07, 6.45) is 1.59. The van der Waals surface area contributed by atoms with Crippen molar-refractivity contribution in [1.29, 1.82) is 0 Å². The van der Waals surface area contributed by atoms with Crippen molar-refractivity contribution in [3.63, 3.8) is 0 Å². The van der Waals surface area contributed by atoms with Crippen LogP contribution in [0.5, 0.6) is 0 Å². The van der Waals surface area contributed by atoms with Crippen LogP contribution >= 0.6 is 11.6 Å². The first-order valence-corrected chi connectivity index (χ1v) is 8.55. The molecule has 1 heterocycles. The Balaban J connectivity index is 1.61. The van der Waals surface area contributed by atoms with Crippen molar-refractivity contribution >= 4 is 40.1 Å². The first-order chi connectivity index (χ1) is 12.5. The molecule has 132 valence electrons. The molecule has 1 saturated carbocycles. The first-order valence-electron chi connectivity index (χ1n) is 8.17. The van der Waals surface area contributed by atoms with Gasteiger partial charge < -0.3 is 10.1 Å². The Morgan fingerprint density at radius 2 is 1.92 bits per heavy atom. The zero-order chi connectivity index (χ0) is 18.3. The summed E-state index contributed by atoms with van der Waals surface area (Å²) in [4.78, 5) is 24.7. The second-order valence-corrected chi connectivity index (χ2v) is 6.80. The van der Waals surface area contributed by atoms with E-state index in [2.05, 4.69) is 15.5 Å². The van der Waals surface area contributed by atoms with Crippen molar-refractivity contribution in [2.45, 2.75) is 18.3 Å². The van der Waals surface area contributed by atoms with Crippen LogP contribution in [-0.2, 0) is 14.9 Å². The zero-order valence-electron chi connectivity index (χ0n) is 14.0. The highest BCUT2D eigenvalue weighted by Gasteiger charge is 2.51. The number of methoxy groups -OCH3 is 1. The number of aromatic nitrogens is 2. The van der Waals surface area contributed by atoms with Crippen LogP contribution in [0.1, 0.15) is 28.9 Å². The summed E-state index contributed by atoms with van der Waals surface area (Å²) in [5.74, 6) is -0.596. The molecule has 0 spiro atoms. The fraction of sp³-hybridized carbons (Fsp3) is 0.211. The third kappa shape index (κ3) is 2.72. The molecule has 26 heavy (non-hydrogen) atoms. The van der Waals surface area contributed by atoms with Crippen molar-refractivity contribution in [3.05, 3.63) is 58.7 Å². The standard InChI is InChI=1S/C19H16ClN3O3/c1-26-17(24)16-14-10-13(6-7-15(14)22-23-16)21-18(25)19(8-9-19)11-2-4-12(20)5-3-11/h2-7,10H,8-9H2,1H3,(H,21,25)(H,22,23). The second kappa shape index (κ2) is 6.14. The third-order valence-corrected chi connectivity index (χ3v) is 5.03. The number of halogens is 1. The number of amides is 1. The van der Waals surface area contributed by atoms with E-state index >= 15 is 0 Å². The number of hydrogen-bond donors (Lipinski definition) is 2. The zero-order valence-corrected chi connectivity index (χ0v) is 14.8. The summed E-state index contributed by atoms with van der Waals surface area (Å²) < 4.78 is 4.74. The molecule has 2 N–H and O–H groups in total. The van der Waals surface area contributed by atoms with Gasteiger partial charge >= 0.3 is 5.97 Å². The molecule has 0 unspecified atom stereocenters. The van der Waals surface area contributed by atoms with Crippen molar-refractivity contribution in [2.24, 2.45) is 0 Å². The molecule has 3 aromatic rings. The van der Waals surface area contributed by atoms with E-state index in [1.807, 2.05) is 12.1 Å². The maximum atomic E-state index is 12.9. The molecule has 1 fully saturated rings. The molecule has 7 heteroatoms. The van der Waals surface area contributed by atoms with Crippen LogP contribution in [0.25, 0.3) is 10.9 Å². The molecular formula is C19H16ClN3O3. The van der Waals surface area contributed by atoms with Gasteiger partial charge in [-0.15, -0.1) is 0 Å². The van der Waals surface area contributed by atoms with E-state index in [1.165, 1.54) is 7.11 Å². The number of H-pyrrole nitrogens is 1. The van der Waals surface area contributed by atoms with E-state index in [4.69, 9.17) is 16.3 Å². The lowest BCUT2D eigenvalue weighted by Gasteiger charge is -2.16. The van der Waals surface area contributed by atoms with E-state index in [-0.39, 0.29) is 11.6 Å². The maximum absolute atomic E-state index is 12.9. The maximum Gasteiger partial charge on any atom is 0.359 e. The van der Waals surface area contributed by atoms with Gasteiger partial charge in [0.1, 0.15) is 0 Å². The Hall–Kier alpha value is -2.86. The van der Waals surface area contributed by atoms with Crippen LogP contribution in [0.2, 0.25) is 5.02 Å². The number of aromatic amines is 1. The lowest BCUT2D eigenvalue weighted by Crippen LogP contribution is -2.27. The largest absolute Gasteiger partial charge is 0.464 e. The summed E-state index contributed by atoms with van der Waals surface area (Å²) in [7, 11) is 1.30. The van der Waals surface area contributed by atoms with E-state index in [9.17, 15) is 9.59 Å². The van der Waals surface area contributed by atoms with Crippen LogP contribution in [0.15, 0.2) is 42.5 Å². The van der Waals surface area contributed by atoms with Crippen molar-refractivity contribution in [1.82, 2.24) is 10.2 Å². The summed E-state index contributed by atoms with van der Waals surface area (Å²) in [5, 5.41) is 11.0. The summed E-state index contributed by atoms with van der Waals surface area (Å²) in [6, 6.07) is 12.6. The molecular weight excluding hydrogens is 354 g/mol. The number of rotatable bonds is 4. The molecule has 0 saturated heterocycles. The van der Waals surface area contributed by atoms with E-state index < -0.39 is 11.4 Å². The van der Waals surface area contributed by atoms with Gasteiger partial charge in [-0.05, 0) is 48.7 Å². The molecule has 0 radical (unpaired) electrons. The number of hydrogen-bond acceptors (Lipinski definition) is 4. The number of esters is 1. The molecule has 0 aliphatic heterocycles. The van der Waals surface area contributed by atoms with E-state index in [0.717, 1.165) is 18.4 Å². The van der Waals surface area contributed by atoms with Crippen molar-refractivity contribution < 1.29 is 14.3 Å². The topological polar surface area (TPSA) is 84.1 Å². The van der Waals surface area contributed by atoms with Gasteiger partial charge in [0.05, 0.1) is 18.0 Å². The normalized spacial score (nSPS) is 14.8. The van der Waals surface area contributed by atoms with Gasteiger partial charge in [-0.1, -0.05) is 23.7 Å². The monoisotopic (exact) mass is 369 g/mol. The first kappa shape index (κ1) is 16.6. The molecule has 0 bridgehead atoms. The number of ether oxygens (including phenoxy) is 1. The second-order valence-electron chi connectivity index (χ2n) is 6.37. The Morgan fingerprint density at radius 1 is 1.19 bits per heavy atom. The lowest BCUT2D eigenvalue weighted by atomic mass is 9.95. The van der Waals surface area contributed by atoms with Crippen molar-refractivity contribution in [3.8, 4) is 0 Å². The molecule has 6 nitrogen and oxygen atoms in total. The van der Waals surface area contributed by atoms with Crippen LogP contribution < -0.4 is 5.32 Å². The number of fused-ring (bicyclic) bond motifs is 1. The molecule has 4 rings (SSSR count). The molecule has 1 aliphatic carbocycles. The Bertz CT molecular complexity index is 1010. The number of nitrogens with one attached hydrogen (secondary N) is 2. The molecule has 2 aromatic carbocycles. The highest BCUT2D eigenvalue weighted by molar-refractivity contribution is 6.30. The van der Waals surface area contributed by atoms with Gasteiger partial charge in [-0.3, -0.25) is 9.89 Å².